The first-order valence-electron chi connectivity index (χ1n) is 9.07. The first-order chi connectivity index (χ1) is 11.3. The van der Waals surface area contributed by atoms with Crippen molar-refractivity contribution in [1.29, 1.82) is 0 Å². The van der Waals surface area contributed by atoms with E-state index in [1.54, 1.807) is 4.68 Å². The molecule has 0 aromatic carbocycles. The normalized spacial score (nSPS) is 26.1. The Balaban J connectivity index is 1.37. The van der Waals surface area contributed by atoms with Gasteiger partial charge >= 0.3 is 0 Å². The number of tetrazole rings is 1. The lowest BCUT2D eigenvalue weighted by molar-refractivity contribution is -0.123. The fourth-order valence-corrected chi connectivity index (χ4v) is 3.58. The second kappa shape index (κ2) is 8.38. The highest BCUT2D eigenvalue weighted by Gasteiger charge is 2.33. The Kier molecular flexibility index (Phi) is 5.96. The van der Waals surface area contributed by atoms with Crippen molar-refractivity contribution in [1.82, 2.24) is 30.8 Å². The van der Waals surface area contributed by atoms with Gasteiger partial charge in [0, 0.05) is 24.5 Å². The summed E-state index contributed by atoms with van der Waals surface area (Å²) in [5.74, 6) is 0.0923. The number of carbonyl (C=O) groups is 1. The van der Waals surface area contributed by atoms with E-state index in [-0.39, 0.29) is 5.91 Å². The summed E-state index contributed by atoms with van der Waals surface area (Å²) in [6.07, 6.45) is 13.6. The van der Waals surface area contributed by atoms with Crippen molar-refractivity contribution < 1.29 is 4.79 Å². The van der Waals surface area contributed by atoms with E-state index >= 15 is 0 Å². The number of carbonyl (C=O) groups excluding carboxylic acids is 1. The summed E-state index contributed by atoms with van der Waals surface area (Å²) in [4.78, 5) is 12.1. The van der Waals surface area contributed by atoms with Crippen LogP contribution in [0.2, 0.25) is 0 Å². The summed E-state index contributed by atoms with van der Waals surface area (Å²) in [5.41, 5.74) is 0. The highest BCUT2D eigenvalue weighted by molar-refractivity contribution is 5.76. The van der Waals surface area contributed by atoms with Crippen molar-refractivity contribution in [2.75, 3.05) is 0 Å². The summed E-state index contributed by atoms with van der Waals surface area (Å²) >= 11 is 0. The lowest BCUT2D eigenvalue weighted by Crippen LogP contribution is -2.59. The summed E-state index contributed by atoms with van der Waals surface area (Å²) in [7, 11) is 0. The van der Waals surface area contributed by atoms with Crippen LogP contribution in [0.4, 0.5) is 0 Å². The van der Waals surface area contributed by atoms with Crippen molar-refractivity contribution in [2.45, 2.75) is 88.9 Å². The molecule has 23 heavy (non-hydrogen) atoms. The molecular weight excluding hydrogens is 292 g/mol. The summed E-state index contributed by atoms with van der Waals surface area (Å²) in [5, 5.41) is 17.9. The van der Waals surface area contributed by atoms with E-state index in [9.17, 15) is 4.79 Å². The molecule has 1 aromatic heterocycles. The molecule has 2 fully saturated rings. The Hall–Kier alpha value is -1.50. The molecule has 3 rings (SSSR count). The molecule has 0 unspecified atom stereocenters. The fourth-order valence-electron chi connectivity index (χ4n) is 3.58. The Morgan fingerprint density at radius 1 is 1.04 bits per heavy atom. The van der Waals surface area contributed by atoms with Crippen LogP contribution in [-0.4, -0.2) is 44.2 Å². The van der Waals surface area contributed by atoms with E-state index in [1.807, 2.05) is 0 Å². The highest BCUT2D eigenvalue weighted by Crippen LogP contribution is 2.24. The van der Waals surface area contributed by atoms with Gasteiger partial charge in [-0.05, 0) is 36.1 Å². The number of nitrogens with one attached hydrogen (secondary N) is 2. The second-order valence-electron chi connectivity index (χ2n) is 6.89. The Morgan fingerprint density at radius 3 is 2.43 bits per heavy atom. The second-order valence-corrected chi connectivity index (χ2v) is 6.89. The minimum absolute atomic E-state index is 0.0923. The van der Waals surface area contributed by atoms with Crippen molar-refractivity contribution >= 4 is 5.91 Å². The molecule has 7 heteroatoms. The van der Waals surface area contributed by atoms with Gasteiger partial charge in [-0.25, -0.2) is 4.68 Å². The standard InChI is InChI=1S/C16H28N6O/c23-16(10-11-22-12-17-20-21-22)19-15-9-8-14(15)18-13-6-4-2-1-3-5-7-13/h12-15,18H,1-11H2,(H,19,23)/t14-,15+/m0/s1. The monoisotopic (exact) mass is 320 g/mol. The van der Waals surface area contributed by atoms with Gasteiger partial charge in [0.2, 0.25) is 5.91 Å². The van der Waals surface area contributed by atoms with Gasteiger partial charge in [-0.15, -0.1) is 5.10 Å². The number of aromatic nitrogens is 4. The number of hydrogen-bond donors (Lipinski definition) is 2. The predicted octanol–water partition coefficient (Wildman–Crippen LogP) is 1.41. The third-order valence-corrected chi connectivity index (χ3v) is 5.14. The summed E-state index contributed by atoms with van der Waals surface area (Å²) in [6.45, 7) is 0.534. The van der Waals surface area contributed by atoms with Crippen LogP contribution >= 0.6 is 0 Å². The third-order valence-electron chi connectivity index (χ3n) is 5.14. The molecule has 7 nitrogen and oxygen atoms in total. The molecule has 2 aliphatic carbocycles. The number of rotatable bonds is 6. The molecule has 2 atom stereocenters. The predicted molar refractivity (Wildman–Crippen MR) is 86.6 cm³/mol. The minimum Gasteiger partial charge on any atom is -0.352 e. The third kappa shape index (κ3) is 4.99. The molecule has 2 aliphatic rings. The quantitative estimate of drug-likeness (QED) is 0.828. The molecule has 0 bridgehead atoms. The summed E-state index contributed by atoms with van der Waals surface area (Å²) < 4.78 is 1.59. The van der Waals surface area contributed by atoms with Gasteiger partial charge in [0.25, 0.3) is 0 Å². The Labute approximate surface area is 137 Å². The summed E-state index contributed by atoms with van der Waals surface area (Å²) in [6, 6.07) is 1.39. The van der Waals surface area contributed by atoms with E-state index in [4.69, 9.17) is 0 Å². The molecule has 0 saturated heterocycles. The molecular formula is C16H28N6O. The van der Waals surface area contributed by atoms with Crippen molar-refractivity contribution in [3.05, 3.63) is 6.33 Å². The van der Waals surface area contributed by atoms with Crippen LogP contribution in [0.5, 0.6) is 0 Å². The van der Waals surface area contributed by atoms with Crippen LogP contribution in [-0.2, 0) is 11.3 Å². The lowest BCUT2D eigenvalue weighted by atomic mass is 9.84. The number of nitrogens with zero attached hydrogens (tertiary/aromatic N) is 4. The average molecular weight is 320 g/mol. The number of hydrogen-bond acceptors (Lipinski definition) is 5. The van der Waals surface area contributed by atoms with Gasteiger partial charge in [-0.3, -0.25) is 4.79 Å². The van der Waals surface area contributed by atoms with Gasteiger partial charge in [0.15, 0.2) is 0 Å². The maximum absolute atomic E-state index is 12.1. The van der Waals surface area contributed by atoms with Gasteiger partial charge in [-0.1, -0.05) is 32.1 Å². The highest BCUT2D eigenvalue weighted by atomic mass is 16.1. The van der Waals surface area contributed by atoms with E-state index in [2.05, 4.69) is 26.2 Å². The first-order valence-corrected chi connectivity index (χ1v) is 9.07. The largest absolute Gasteiger partial charge is 0.352 e. The van der Waals surface area contributed by atoms with Gasteiger partial charge in [-0.2, -0.15) is 0 Å². The molecule has 2 N–H and O–H groups in total. The van der Waals surface area contributed by atoms with Crippen molar-refractivity contribution in [3.63, 3.8) is 0 Å². The minimum atomic E-state index is 0.0923. The zero-order valence-corrected chi connectivity index (χ0v) is 13.8. The van der Waals surface area contributed by atoms with E-state index in [1.165, 1.54) is 57.7 Å². The zero-order chi connectivity index (χ0) is 15.9. The molecule has 128 valence electrons. The van der Waals surface area contributed by atoms with E-state index < -0.39 is 0 Å². The zero-order valence-electron chi connectivity index (χ0n) is 13.8. The van der Waals surface area contributed by atoms with Crippen molar-refractivity contribution in [2.24, 2.45) is 0 Å². The lowest BCUT2D eigenvalue weighted by Gasteiger charge is -2.40. The molecule has 0 radical (unpaired) electrons. The van der Waals surface area contributed by atoms with Gasteiger partial charge in [0.05, 0.1) is 6.54 Å². The number of aryl methyl sites for hydroxylation is 1. The van der Waals surface area contributed by atoms with E-state index in [0.29, 0.717) is 31.1 Å². The molecule has 2 saturated carbocycles. The van der Waals surface area contributed by atoms with Crippen LogP contribution in [0.1, 0.15) is 64.2 Å². The Morgan fingerprint density at radius 2 is 1.78 bits per heavy atom. The van der Waals surface area contributed by atoms with Crippen LogP contribution < -0.4 is 10.6 Å². The van der Waals surface area contributed by atoms with Crippen molar-refractivity contribution in [3.8, 4) is 0 Å². The molecule has 0 spiro atoms. The molecule has 0 aliphatic heterocycles. The van der Waals surface area contributed by atoms with Crippen LogP contribution in [0, 0.1) is 0 Å². The van der Waals surface area contributed by atoms with Crippen LogP contribution in [0.3, 0.4) is 0 Å². The SMILES string of the molecule is O=C(CCn1cnnn1)N[C@@H]1CC[C@@H]1NC1CCCCCCC1. The number of amides is 1. The maximum atomic E-state index is 12.1. The van der Waals surface area contributed by atoms with Crippen LogP contribution in [0.25, 0.3) is 0 Å². The fraction of sp³-hybridized carbons (Fsp3) is 0.875. The van der Waals surface area contributed by atoms with Gasteiger partial charge < -0.3 is 10.6 Å². The van der Waals surface area contributed by atoms with Crippen LogP contribution in [0.15, 0.2) is 6.33 Å². The topological polar surface area (TPSA) is 84.7 Å². The molecule has 1 heterocycles. The first kappa shape index (κ1) is 16.4. The maximum Gasteiger partial charge on any atom is 0.222 e. The molecule has 1 aromatic rings. The van der Waals surface area contributed by atoms with Gasteiger partial charge in [0.1, 0.15) is 6.33 Å². The Bertz CT molecular complexity index is 469. The smallest absolute Gasteiger partial charge is 0.222 e. The molecule has 1 amide bonds. The van der Waals surface area contributed by atoms with E-state index in [0.717, 1.165) is 6.42 Å². The average Bonchev–Trinajstić information content (AvgIpc) is 3.02.